The van der Waals surface area contributed by atoms with E-state index in [1.165, 1.54) is 0 Å². The van der Waals surface area contributed by atoms with E-state index in [1.54, 1.807) is 6.07 Å². The van der Waals surface area contributed by atoms with Gasteiger partial charge >= 0.3 is 6.18 Å². The summed E-state index contributed by atoms with van der Waals surface area (Å²) in [6.07, 6.45) is -3.42. The van der Waals surface area contributed by atoms with Crippen molar-refractivity contribution in [2.24, 2.45) is 0 Å². The predicted molar refractivity (Wildman–Crippen MR) is 75.3 cm³/mol. The topological polar surface area (TPSA) is 12.0 Å². The number of rotatable bonds is 5. The van der Waals surface area contributed by atoms with E-state index >= 15 is 0 Å². The van der Waals surface area contributed by atoms with Crippen LogP contribution in [0.5, 0.6) is 0 Å². The van der Waals surface area contributed by atoms with Gasteiger partial charge in [-0.15, -0.1) is 0 Å². The lowest BCUT2D eigenvalue weighted by atomic mass is 9.89. The molecule has 108 valence electrons. The quantitative estimate of drug-likeness (QED) is 0.800. The first-order chi connectivity index (χ1) is 8.81. The first-order valence-electron chi connectivity index (χ1n) is 6.41. The van der Waals surface area contributed by atoms with Gasteiger partial charge in [-0.1, -0.05) is 35.8 Å². The van der Waals surface area contributed by atoms with Crippen LogP contribution >= 0.6 is 15.9 Å². The summed E-state index contributed by atoms with van der Waals surface area (Å²) in [5.74, 6) is 0.191. The Kier molecular flexibility index (Phi) is 5.86. The highest BCUT2D eigenvalue weighted by atomic mass is 79.9. The van der Waals surface area contributed by atoms with Gasteiger partial charge < -0.3 is 5.32 Å². The highest BCUT2D eigenvalue weighted by Gasteiger charge is 2.31. The van der Waals surface area contributed by atoms with Crippen molar-refractivity contribution in [3.8, 4) is 0 Å². The standard InChI is InChI=1S/C14H19BrF3N/c1-4-11(9(3)19-5-2)12-7-6-10(8-13(12)15)14(16,17)18/h6-9,11,19H,4-5H2,1-3H3. The fourth-order valence-corrected chi connectivity index (χ4v) is 2.98. The van der Waals surface area contributed by atoms with Crippen LogP contribution in [0, 0.1) is 0 Å². The number of nitrogens with one attached hydrogen (secondary N) is 1. The molecule has 0 heterocycles. The summed E-state index contributed by atoms with van der Waals surface area (Å²) >= 11 is 3.27. The van der Waals surface area contributed by atoms with Gasteiger partial charge in [-0.25, -0.2) is 0 Å². The SMILES string of the molecule is CCNC(C)C(CC)c1ccc(C(F)(F)F)cc1Br. The lowest BCUT2D eigenvalue weighted by molar-refractivity contribution is -0.137. The molecule has 0 aliphatic carbocycles. The Morgan fingerprint density at radius 1 is 1.26 bits per heavy atom. The molecule has 0 aromatic heterocycles. The highest BCUT2D eigenvalue weighted by molar-refractivity contribution is 9.10. The normalized spacial score (nSPS) is 15.3. The summed E-state index contributed by atoms with van der Waals surface area (Å²) in [5, 5.41) is 3.32. The van der Waals surface area contributed by atoms with E-state index in [9.17, 15) is 13.2 Å². The molecule has 0 saturated heterocycles. The van der Waals surface area contributed by atoms with Crippen LogP contribution in [0.1, 0.15) is 44.2 Å². The van der Waals surface area contributed by atoms with Gasteiger partial charge in [0, 0.05) is 10.5 Å². The average molecular weight is 338 g/mol. The van der Waals surface area contributed by atoms with E-state index in [1.807, 2.05) is 13.8 Å². The van der Waals surface area contributed by atoms with Crippen LogP contribution < -0.4 is 5.32 Å². The molecule has 1 aromatic rings. The molecule has 0 spiro atoms. The molecular formula is C14H19BrF3N. The summed E-state index contributed by atoms with van der Waals surface area (Å²) in [6.45, 7) is 6.96. The molecule has 0 aliphatic heterocycles. The number of hydrogen-bond acceptors (Lipinski definition) is 1. The molecular weight excluding hydrogens is 319 g/mol. The van der Waals surface area contributed by atoms with E-state index in [4.69, 9.17) is 0 Å². The number of halogens is 4. The van der Waals surface area contributed by atoms with Crippen molar-refractivity contribution in [1.82, 2.24) is 5.32 Å². The lowest BCUT2D eigenvalue weighted by Gasteiger charge is -2.25. The van der Waals surface area contributed by atoms with Gasteiger partial charge in [-0.2, -0.15) is 13.2 Å². The average Bonchev–Trinajstić information content (AvgIpc) is 2.31. The minimum atomic E-state index is -4.30. The molecule has 2 unspecified atom stereocenters. The number of hydrogen-bond donors (Lipinski definition) is 1. The Hall–Kier alpha value is -0.550. The summed E-state index contributed by atoms with van der Waals surface area (Å²) in [7, 11) is 0. The van der Waals surface area contributed by atoms with Gasteiger partial charge in [0.15, 0.2) is 0 Å². The van der Waals surface area contributed by atoms with Gasteiger partial charge in [0.05, 0.1) is 5.56 Å². The van der Waals surface area contributed by atoms with Gasteiger partial charge in [0.2, 0.25) is 0 Å². The fraction of sp³-hybridized carbons (Fsp3) is 0.571. The number of likely N-dealkylation sites (N-methyl/N-ethyl adjacent to an activating group) is 1. The summed E-state index contributed by atoms with van der Waals surface area (Å²) in [4.78, 5) is 0. The van der Waals surface area contributed by atoms with Crippen molar-refractivity contribution in [2.45, 2.75) is 45.3 Å². The van der Waals surface area contributed by atoms with E-state index in [2.05, 4.69) is 28.2 Å². The molecule has 19 heavy (non-hydrogen) atoms. The maximum absolute atomic E-state index is 12.6. The second-order valence-electron chi connectivity index (χ2n) is 4.60. The van der Waals surface area contributed by atoms with Crippen LogP contribution in [0.4, 0.5) is 13.2 Å². The van der Waals surface area contributed by atoms with Crippen LogP contribution in [0.25, 0.3) is 0 Å². The Balaban J connectivity index is 3.06. The van der Waals surface area contributed by atoms with Crippen molar-refractivity contribution in [1.29, 1.82) is 0 Å². The second kappa shape index (κ2) is 6.75. The van der Waals surface area contributed by atoms with Crippen LogP contribution in [-0.4, -0.2) is 12.6 Å². The zero-order valence-corrected chi connectivity index (χ0v) is 12.9. The Bertz CT molecular complexity index is 418. The Morgan fingerprint density at radius 2 is 1.89 bits per heavy atom. The third-order valence-electron chi connectivity index (χ3n) is 3.30. The van der Waals surface area contributed by atoms with Crippen molar-refractivity contribution in [3.05, 3.63) is 33.8 Å². The maximum atomic E-state index is 12.6. The minimum absolute atomic E-state index is 0.191. The molecule has 1 aromatic carbocycles. The Morgan fingerprint density at radius 3 is 2.32 bits per heavy atom. The molecule has 0 amide bonds. The minimum Gasteiger partial charge on any atom is -0.314 e. The smallest absolute Gasteiger partial charge is 0.314 e. The number of benzene rings is 1. The van der Waals surface area contributed by atoms with Crippen molar-refractivity contribution in [2.75, 3.05) is 6.54 Å². The molecule has 0 bridgehead atoms. The Labute approximate surface area is 120 Å². The van der Waals surface area contributed by atoms with Gasteiger partial charge in [0.25, 0.3) is 0 Å². The van der Waals surface area contributed by atoms with Crippen LogP contribution in [-0.2, 0) is 6.18 Å². The molecule has 1 rings (SSSR count). The van der Waals surface area contributed by atoms with E-state index in [0.29, 0.717) is 4.47 Å². The van der Waals surface area contributed by atoms with Crippen LogP contribution in [0.2, 0.25) is 0 Å². The maximum Gasteiger partial charge on any atom is 0.416 e. The molecule has 0 aliphatic rings. The summed E-state index contributed by atoms with van der Waals surface area (Å²) in [6, 6.07) is 4.12. The largest absolute Gasteiger partial charge is 0.416 e. The highest BCUT2D eigenvalue weighted by Crippen LogP contribution is 2.36. The second-order valence-corrected chi connectivity index (χ2v) is 5.45. The molecule has 1 nitrogen and oxygen atoms in total. The molecule has 0 radical (unpaired) electrons. The molecule has 5 heteroatoms. The molecule has 0 saturated carbocycles. The van der Waals surface area contributed by atoms with Gasteiger partial charge in [0.1, 0.15) is 0 Å². The van der Waals surface area contributed by atoms with Gasteiger partial charge in [-0.05, 0) is 43.5 Å². The first-order valence-corrected chi connectivity index (χ1v) is 7.20. The summed E-state index contributed by atoms with van der Waals surface area (Å²) < 4.78 is 38.4. The van der Waals surface area contributed by atoms with E-state index in [0.717, 1.165) is 30.7 Å². The fourth-order valence-electron chi connectivity index (χ4n) is 2.31. The van der Waals surface area contributed by atoms with E-state index < -0.39 is 11.7 Å². The molecule has 2 atom stereocenters. The van der Waals surface area contributed by atoms with Crippen LogP contribution in [0.15, 0.2) is 22.7 Å². The van der Waals surface area contributed by atoms with E-state index in [-0.39, 0.29) is 12.0 Å². The lowest BCUT2D eigenvalue weighted by Crippen LogP contribution is -2.32. The monoisotopic (exact) mass is 337 g/mol. The van der Waals surface area contributed by atoms with Crippen molar-refractivity contribution >= 4 is 15.9 Å². The third kappa shape index (κ3) is 4.21. The van der Waals surface area contributed by atoms with Crippen molar-refractivity contribution < 1.29 is 13.2 Å². The first kappa shape index (κ1) is 16.5. The van der Waals surface area contributed by atoms with Crippen molar-refractivity contribution in [3.63, 3.8) is 0 Å². The molecule has 1 N–H and O–H groups in total. The zero-order chi connectivity index (χ0) is 14.6. The van der Waals surface area contributed by atoms with Gasteiger partial charge in [-0.3, -0.25) is 0 Å². The summed E-state index contributed by atoms with van der Waals surface area (Å²) in [5.41, 5.74) is 0.304. The molecule has 0 fully saturated rings. The zero-order valence-electron chi connectivity index (χ0n) is 11.3. The number of alkyl halides is 3. The third-order valence-corrected chi connectivity index (χ3v) is 3.98. The van der Waals surface area contributed by atoms with Crippen LogP contribution in [0.3, 0.4) is 0 Å². The predicted octanol–water partition coefficient (Wildman–Crippen LogP) is 4.96.